The van der Waals surface area contributed by atoms with E-state index >= 15 is 0 Å². The maximum atomic E-state index is 12.1. The van der Waals surface area contributed by atoms with Crippen molar-refractivity contribution in [2.45, 2.75) is 18.6 Å². The summed E-state index contributed by atoms with van der Waals surface area (Å²) in [5.74, 6) is -0.106. The molecule has 1 aliphatic heterocycles. The summed E-state index contributed by atoms with van der Waals surface area (Å²) in [5, 5.41) is 12.2. The third kappa shape index (κ3) is 4.84. The topological polar surface area (TPSA) is 53.8 Å². The predicted octanol–water partition coefficient (Wildman–Crippen LogP) is 4.47. The van der Waals surface area contributed by atoms with Crippen LogP contribution in [-0.2, 0) is 11.2 Å². The molecule has 0 aliphatic carbocycles. The van der Waals surface area contributed by atoms with Gasteiger partial charge in [-0.3, -0.25) is 4.79 Å². The molecule has 25 heavy (non-hydrogen) atoms. The zero-order valence-corrected chi connectivity index (χ0v) is 15.7. The Morgan fingerprint density at radius 1 is 1.20 bits per heavy atom. The number of nitrogens with zero attached hydrogens (tertiary/aromatic N) is 2. The van der Waals surface area contributed by atoms with Crippen LogP contribution < -0.4 is 5.32 Å². The molecule has 1 aliphatic rings. The predicted molar refractivity (Wildman–Crippen MR) is 106 cm³/mol. The molecule has 4 nitrogen and oxygen atoms in total. The molecule has 1 N–H and O–H groups in total. The van der Waals surface area contributed by atoms with Crippen LogP contribution in [0.3, 0.4) is 0 Å². The van der Waals surface area contributed by atoms with E-state index in [1.165, 1.54) is 17.3 Å². The summed E-state index contributed by atoms with van der Waals surface area (Å²) >= 11 is 13.5. The Bertz CT molecular complexity index is 850. The number of amides is 1. The lowest BCUT2D eigenvalue weighted by Gasteiger charge is -2.07. The highest BCUT2D eigenvalue weighted by Crippen LogP contribution is 2.28. The van der Waals surface area contributed by atoms with Crippen LogP contribution in [0.4, 0.5) is 0 Å². The zero-order chi connectivity index (χ0) is 17.8. The van der Waals surface area contributed by atoms with E-state index in [2.05, 4.69) is 15.5 Å². The average molecular weight is 392 g/mol. The monoisotopic (exact) mass is 391 g/mol. The van der Waals surface area contributed by atoms with Crippen molar-refractivity contribution in [3.05, 3.63) is 69.2 Å². The molecule has 7 heteroatoms. The maximum Gasteiger partial charge on any atom is 0.239 e. The molecule has 0 radical (unpaired) electrons. The normalized spacial score (nSPS) is 18.9. The highest BCUT2D eigenvalue weighted by molar-refractivity contribution is 8.15. The molecule has 1 saturated heterocycles. The minimum absolute atomic E-state index is 0.106. The smallest absolute Gasteiger partial charge is 0.239 e. The first-order valence-electron chi connectivity index (χ1n) is 7.60. The van der Waals surface area contributed by atoms with Crippen LogP contribution in [0, 0.1) is 6.92 Å². The van der Waals surface area contributed by atoms with Gasteiger partial charge in [0.15, 0.2) is 5.17 Å². The summed E-state index contributed by atoms with van der Waals surface area (Å²) in [7, 11) is 0. The molecule has 128 valence electrons. The number of hydrogen-bond acceptors (Lipinski definition) is 4. The van der Waals surface area contributed by atoms with Crippen molar-refractivity contribution in [1.82, 2.24) is 5.32 Å². The number of benzene rings is 2. The summed E-state index contributed by atoms with van der Waals surface area (Å²) in [6.45, 7) is 2.03. The summed E-state index contributed by atoms with van der Waals surface area (Å²) in [5.41, 5.74) is 2.97. The number of amidine groups is 1. The lowest BCUT2D eigenvalue weighted by atomic mass is 10.1. The quantitative estimate of drug-likeness (QED) is 0.617. The van der Waals surface area contributed by atoms with Gasteiger partial charge in [0.25, 0.3) is 0 Å². The molecule has 1 heterocycles. The van der Waals surface area contributed by atoms with Gasteiger partial charge in [-0.2, -0.15) is 5.10 Å². The molecule has 2 aromatic carbocycles. The maximum absolute atomic E-state index is 12.1. The molecular weight excluding hydrogens is 377 g/mol. The van der Waals surface area contributed by atoms with E-state index in [0.29, 0.717) is 21.6 Å². The minimum Gasteiger partial charge on any atom is -0.303 e. The molecule has 0 aromatic heterocycles. The van der Waals surface area contributed by atoms with E-state index in [1.54, 1.807) is 24.4 Å². The van der Waals surface area contributed by atoms with E-state index in [4.69, 9.17) is 23.2 Å². The van der Waals surface area contributed by atoms with Gasteiger partial charge in [0.1, 0.15) is 0 Å². The van der Waals surface area contributed by atoms with E-state index in [-0.39, 0.29) is 11.2 Å². The van der Waals surface area contributed by atoms with E-state index in [9.17, 15) is 4.79 Å². The van der Waals surface area contributed by atoms with Crippen molar-refractivity contribution in [3.63, 3.8) is 0 Å². The Kier molecular flexibility index (Phi) is 5.78. The van der Waals surface area contributed by atoms with E-state index in [0.717, 1.165) is 11.1 Å². The first-order valence-corrected chi connectivity index (χ1v) is 9.24. The Labute approximate surface area is 160 Å². The van der Waals surface area contributed by atoms with Crippen LogP contribution in [0.15, 0.2) is 52.7 Å². The average Bonchev–Trinajstić information content (AvgIpc) is 2.92. The number of halogens is 2. The number of aryl methyl sites for hydroxylation is 1. The van der Waals surface area contributed by atoms with Crippen LogP contribution in [0.25, 0.3) is 0 Å². The molecule has 1 fully saturated rings. The number of rotatable bonds is 4. The van der Waals surface area contributed by atoms with Crippen molar-refractivity contribution in [3.8, 4) is 0 Å². The summed E-state index contributed by atoms with van der Waals surface area (Å²) in [4.78, 5) is 12.1. The molecule has 0 bridgehead atoms. The Hall–Kier alpha value is -1.82. The Morgan fingerprint density at radius 2 is 1.96 bits per heavy atom. The lowest BCUT2D eigenvalue weighted by Crippen LogP contribution is -2.26. The van der Waals surface area contributed by atoms with Crippen LogP contribution in [-0.4, -0.2) is 22.5 Å². The molecule has 3 rings (SSSR count). The molecule has 1 atom stereocenters. The SMILES string of the molecule is Cc1ccc(/C=N\N=C2/NC(=O)[C@@H](Cc3cc(Cl)ccc3Cl)S2)cc1. The fourth-order valence-corrected chi connectivity index (χ4v) is 3.63. The lowest BCUT2D eigenvalue weighted by molar-refractivity contribution is -0.118. The van der Waals surface area contributed by atoms with Gasteiger partial charge in [-0.05, 0) is 42.7 Å². The molecule has 0 saturated carbocycles. The third-order valence-corrected chi connectivity index (χ3v) is 5.30. The molecule has 1 amide bonds. The van der Waals surface area contributed by atoms with Gasteiger partial charge < -0.3 is 5.32 Å². The second kappa shape index (κ2) is 8.04. The van der Waals surface area contributed by atoms with Gasteiger partial charge in [-0.15, -0.1) is 5.10 Å². The van der Waals surface area contributed by atoms with Crippen molar-refractivity contribution >= 4 is 52.3 Å². The molecule has 2 aromatic rings. The number of nitrogens with one attached hydrogen (secondary N) is 1. The Balaban J connectivity index is 1.65. The van der Waals surface area contributed by atoms with E-state index < -0.39 is 0 Å². The summed E-state index contributed by atoms with van der Waals surface area (Å²) < 4.78 is 0. The van der Waals surface area contributed by atoms with Crippen molar-refractivity contribution < 1.29 is 4.79 Å². The van der Waals surface area contributed by atoms with Gasteiger partial charge in [-0.25, -0.2) is 0 Å². The number of hydrogen-bond donors (Lipinski definition) is 1. The zero-order valence-electron chi connectivity index (χ0n) is 13.4. The molecule has 0 spiro atoms. The van der Waals surface area contributed by atoms with Gasteiger partial charge in [0.2, 0.25) is 5.91 Å². The summed E-state index contributed by atoms with van der Waals surface area (Å²) in [6, 6.07) is 13.2. The van der Waals surface area contributed by atoms with Crippen molar-refractivity contribution in [1.29, 1.82) is 0 Å². The van der Waals surface area contributed by atoms with Gasteiger partial charge in [-0.1, -0.05) is 64.8 Å². The molecular formula is C18H15Cl2N3OS. The Morgan fingerprint density at radius 3 is 2.72 bits per heavy atom. The third-order valence-electron chi connectivity index (χ3n) is 3.62. The van der Waals surface area contributed by atoms with Crippen molar-refractivity contribution in [2.24, 2.45) is 10.2 Å². The molecule has 0 unspecified atom stereocenters. The van der Waals surface area contributed by atoms with Crippen molar-refractivity contribution in [2.75, 3.05) is 0 Å². The second-order valence-electron chi connectivity index (χ2n) is 5.60. The van der Waals surface area contributed by atoms with E-state index in [1.807, 2.05) is 31.2 Å². The first kappa shape index (κ1) is 18.0. The standard InChI is InChI=1S/C18H15Cl2N3OS/c1-11-2-4-12(5-3-11)10-21-23-18-22-17(24)16(25-18)9-13-8-14(19)6-7-15(13)20/h2-8,10,16H,9H2,1H3,(H,22,23,24)/b21-10-/t16-/m1/s1. The van der Waals surface area contributed by atoms with Crippen LogP contribution in [0.5, 0.6) is 0 Å². The summed E-state index contributed by atoms with van der Waals surface area (Å²) in [6.07, 6.45) is 2.14. The fourth-order valence-electron chi connectivity index (χ4n) is 2.29. The van der Waals surface area contributed by atoms with Crippen LogP contribution in [0.2, 0.25) is 10.0 Å². The second-order valence-corrected chi connectivity index (χ2v) is 7.63. The largest absolute Gasteiger partial charge is 0.303 e. The highest BCUT2D eigenvalue weighted by atomic mass is 35.5. The number of thioether (sulfide) groups is 1. The van der Waals surface area contributed by atoms with Crippen LogP contribution >= 0.6 is 35.0 Å². The highest BCUT2D eigenvalue weighted by Gasteiger charge is 2.31. The van der Waals surface area contributed by atoms with Gasteiger partial charge in [0.05, 0.1) is 11.5 Å². The first-order chi connectivity index (χ1) is 12.0. The van der Waals surface area contributed by atoms with Gasteiger partial charge >= 0.3 is 0 Å². The minimum atomic E-state index is -0.302. The van der Waals surface area contributed by atoms with Crippen LogP contribution in [0.1, 0.15) is 16.7 Å². The number of carbonyl (C=O) groups excluding carboxylic acids is 1. The fraction of sp³-hybridized carbons (Fsp3) is 0.167. The van der Waals surface area contributed by atoms with Gasteiger partial charge in [0, 0.05) is 10.0 Å². The number of carbonyl (C=O) groups is 1.